The van der Waals surface area contributed by atoms with Gasteiger partial charge in [-0.1, -0.05) is 26.0 Å². The summed E-state index contributed by atoms with van der Waals surface area (Å²) in [7, 11) is 0.317. The van der Waals surface area contributed by atoms with Crippen molar-refractivity contribution in [3.8, 4) is 5.75 Å². The van der Waals surface area contributed by atoms with Crippen LogP contribution >= 0.6 is 0 Å². The maximum Gasteiger partial charge on any atom is 0.230 e. The first-order valence-electron chi connectivity index (χ1n) is 7.86. The molecule has 6 heteroatoms. The molecule has 1 aliphatic rings. The van der Waals surface area contributed by atoms with E-state index >= 15 is 0 Å². The number of carbonyl (C=O) groups is 1. The number of hydrogen-bond donors (Lipinski definition) is 0. The van der Waals surface area contributed by atoms with Gasteiger partial charge in [0, 0.05) is 13.1 Å². The van der Waals surface area contributed by atoms with E-state index in [1.165, 1.54) is 0 Å². The van der Waals surface area contributed by atoms with E-state index < -0.39 is 9.84 Å². The second-order valence-corrected chi connectivity index (χ2v) is 8.73. The summed E-state index contributed by atoms with van der Waals surface area (Å²) in [6.45, 7) is 4.01. The second-order valence-electron chi connectivity index (χ2n) is 6.50. The maximum absolute atomic E-state index is 12.9. The van der Waals surface area contributed by atoms with Crippen molar-refractivity contribution >= 4 is 15.7 Å². The van der Waals surface area contributed by atoms with Crippen LogP contribution in [0.25, 0.3) is 0 Å². The predicted molar refractivity (Wildman–Crippen MR) is 90.4 cm³/mol. The number of amides is 1. The third-order valence-electron chi connectivity index (χ3n) is 4.51. The van der Waals surface area contributed by atoms with Crippen LogP contribution in [0.4, 0.5) is 0 Å². The van der Waals surface area contributed by atoms with Gasteiger partial charge in [-0.25, -0.2) is 8.42 Å². The van der Waals surface area contributed by atoms with E-state index in [2.05, 4.69) is 0 Å². The zero-order valence-electron chi connectivity index (χ0n) is 14.2. The van der Waals surface area contributed by atoms with E-state index in [9.17, 15) is 13.2 Å². The van der Waals surface area contributed by atoms with Crippen molar-refractivity contribution in [2.24, 2.45) is 5.92 Å². The van der Waals surface area contributed by atoms with E-state index in [1.807, 2.05) is 38.1 Å². The molecule has 1 aliphatic heterocycles. The summed E-state index contributed by atoms with van der Waals surface area (Å²) < 4.78 is 28.5. The number of likely N-dealkylation sites (N-methyl/N-ethyl adjacent to an activating group) is 1. The number of carbonyl (C=O) groups excluding carboxylic acids is 1. The molecule has 1 heterocycles. The average molecular weight is 339 g/mol. The Kier molecular flexibility index (Phi) is 5.34. The molecule has 0 N–H and O–H groups in total. The molecule has 0 spiro atoms. The second kappa shape index (κ2) is 6.91. The first-order valence-corrected chi connectivity index (χ1v) is 9.68. The Balaban J connectivity index is 2.21. The normalized spacial score (nSPS) is 21.2. The molecule has 1 saturated heterocycles. The van der Waals surface area contributed by atoms with Crippen molar-refractivity contribution in [3.05, 3.63) is 29.8 Å². The van der Waals surface area contributed by atoms with Crippen molar-refractivity contribution in [2.45, 2.75) is 32.2 Å². The maximum atomic E-state index is 12.9. The Morgan fingerprint density at radius 2 is 1.87 bits per heavy atom. The van der Waals surface area contributed by atoms with Crippen LogP contribution in [-0.4, -0.2) is 50.9 Å². The van der Waals surface area contributed by atoms with Crippen LogP contribution in [0.1, 0.15) is 31.7 Å². The van der Waals surface area contributed by atoms with Crippen molar-refractivity contribution in [3.63, 3.8) is 0 Å². The average Bonchev–Trinajstić information content (AvgIpc) is 2.87. The van der Waals surface area contributed by atoms with Crippen molar-refractivity contribution in [1.29, 1.82) is 0 Å². The zero-order valence-corrected chi connectivity index (χ0v) is 15.0. The van der Waals surface area contributed by atoms with Crippen molar-refractivity contribution in [2.75, 3.05) is 25.7 Å². The molecule has 1 aromatic rings. The highest BCUT2D eigenvalue weighted by atomic mass is 32.2. The summed E-state index contributed by atoms with van der Waals surface area (Å²) in [4.78, 5) is 14.6. The Morgan fingerprint density at radius 3 is 2.30 bits per heavy atom. The Bertz CT molecular complexity index is 652. The number of methoxy groups -OCH3 is 1. The largest absolute Gasteiger partial charge is 0.497 e. The van der Waals surface area contributed by atoms with Gasteiger partial charge in [0.1, 0.15) is 5.75 Å². The summed E-state index contributed by atoms with van der Waals surface area (Å²) in [5, 5.41) is 0. The van der Waals surface area contributed by atoms with Gasteiger partial charge >= 0.3 is 0 Å². The molecule has 2 atom stereocenters. The van der Waals surface area contributed by atoms with E-state index in [4.69, 9.17) is 4.74 Å². The molecule has 1 aromatic carbocycles. The quantitative estimate of drug-likeness (QED) is 0.824. The number of ether oxygens (including phenoxy) is 1. The van der Waals surface area contributed by atoms with Gasteiger partial charge in [0.15, 0.2) is 9.84 Å². The molecule has 1 fully saturated rings. The standard InChI is InChI=1S/C17H25NO4S/c1-12(2)16(13-5-7-15(22-4)8-6-13)17(19)18(3)14-9-10-23(20,21)11-14/h5-8,12,14,16H,9-11H2,1-4H3. The smallest absolute Gasteiger partial charge is 0.230 e. The zero-order chi connectivity index (χ0) is 17.2. The summed E-state index contributed by atoms with van der Waals surface area (Å²) >= 11 is 0. The number of nitrogens with zero attached hydrogens (tertiary/aromatic N) is 1. The highest BCUT2D eigenvalue weighted by molar-refractivity contribution is 7.91. The molecule has 23 heavy (non-hydrogen) atoms. The highest BCUT2D eigenvalue weighted by Gasteiger charge is 2.36. The number of rotatable bonds is 5. The molecule has 0 bridgehead atoms. The molecular weight excluding hydrogens is 314 g/mol. The van der Waals surface area contributed by atoms with E-state index in [-0.39, 0.29) is 35.3 Å². The topological polar surface area (TPSA) is 63.7 Å². The fourth-order valence-electron chi connectivity index (χ4n) is 3.10. The van der Waals surface area contributed by atoms with Gasteiger partial charge in [0.2, 0.25) is 5.91 Å². The lowest BCUT2D eigenvalue weighted by Crippen LogP contribution is -2.41. The number of benzene rings is 1. The Labute approximate surface area is 138 Å². The van der Waals surface area contributed by atoms with E-state index in [0.717, 1.165) is 11.3 Å². The molecule has 0 aromatic heterocycles. The fourth-order valence-corrected chi connectivity index (χ4v) is 4.88. The van der Waals surface area contributed by atoms with Crippen LogP contribution in [-0.2, 0) is 14.6 Å². The lowest BCUT2D eigenvalue weighted by Gasteiger charge is -2.30. The molecule has 0 saturated carbocycles. The lowest BCUT2D eigenvalue weighted by molar-refractivity contribution is -0.134. The summed E-state index contributed by atoms with van der Waals surface area (Å²) in [5.74, 6) is 0.809. The first-order chi connectivity index (χ1) is 10.7. The Morgan fingerprint density at radius 1 is 1.26 bits per heavy atom. The van der Waals surface area contributed by atoms with E-state index in [0.29, 0.717) is 6.42 Å². The molecule has 1 amide bonds. The van der Waals surface area contributed by atoms with Gasteiger partial charge in [-0.3, -0.25) is 4.79 Å². The monoisotopic (exact) mass is 339 g/mol. The van der Waals surface area contributed by atoms with Gasteiger partial charge in [0.05, 0.1) is 24.5 Å². The first kappa shape index (κ1) is 17.8. The van der Waals surface area contributed by atoms with E-state index in [1.54, 1.807) is 19.1 Å². The highest BCUT2D eigenvalue weighted by Crippen LogP contribution is 2.30. The summed E-state index contributed by atoms with van der Waals surface area (Å²) in [6.07, 6.45) is 0.526. The SMILES string of the molecule is COc1ccc(C(C(=O)N(C)C2CCS(=O)(=O)C2)C(C)C)cc1. The molecule has 5 nitrogen and oxygen atoms in total. The van der Waals surface area contributed by atoms with Crippen LogP contribution in [0.5, 0.6) is 5.75 Å². The minimum absolute atomic E-state index is 0.0210. The molecular formula is C17H25NO4S. The van der Waals surface area contributed by atoms with Crippen LogP contribution in [0.3, 0.4) is 0 Å². The van der Waals surface area contributed by atoms with Gasteiger partial charge < -0.3 is 9.64 Å². The lowest BCUT2D eigenvalue weighted by atomic mass is 9.87. The fraction of sp³-hybridized carbons (Fsp3) is 0.588. The number of sulfone groups is 1. The third-order valence-corrected chi connectivity index (χ3v) is 6.26. The van der Waals surface area contributed by atoms with Crippen LogP contribution < -0.4 is 4.74 Å². The van der Waals surface area contributed by atoms with Gasteiger partial charge in [-0.05, 0) is 30.0 Å². The minimum Gasteiger partial charge on any atom is -0.497 e. The van der Waals surface area contributed by atoms with Crippen LogP contribution in [0.2, 0.25) is 0 Å². The molecule has 2 unspecified atom stereocenters. The minimum atomic E-state index is -3.00. The molecule has 0 aliphatic carbocycles. The summed E-state index contributed by atoms with van der Waals surface area (Å²) in [5.41, 5.74) is 0.929. The Hall–Kier alpha value is -1.56. The number of hydrogen-bond acceptors (Lipinski definition) is 4. The van der Waals surface area contributed by atoms with Crippen LogP contribution in [0, 0.1) is 5.92 Å². The van der Waals surface area contributed by atoms with Crippen molar-refractivity contribution < 1.29 is 17.9 Å². The van der Waals surface area contributed by atoms with Gasteiger partial charge in [-0.15, -0.1) is 0 Å². The predicted octanol–water partition coefficient (Wildman–Crippen LogP) is 2.08. The molecule has 128 valence electrons. The van der Waals surface area contributed by atoms with Gasteiger partial charge in [-0.2, -0.15) is 0 Å². The molecule has 2 rings (SSSR count). The molecule has 0 radical (unpaired) electrons. The third kappa shape index (κ3) is 4.05. The summed E-state index contributed by atoms with van der Waals surface area (Å²) in [6, 6.07) is 7.28. The van der Waals surface area contributed by atoms with Gasteiger partial charge in [0.25, 0.3) is 0 Å². The van der Waals surface area contributed by atoms with Crippen molar-refractivity contribution in [1.82, 2.24) is 4.90 Å². The van der Waals surface area contributed by atoms with Crippen LogP contribution in [0.15, 0.2) is 24.3 Å².